The molecule has 9 heteroatoms. The summed E-state index contributed by atoms with van der Waals surface area (Å²) in [5.74, 6) is 0.541. The van der Waals surface area contributed by atoms with Gasteiger partial charge in [-0.05, 0) is 55.8 Å². The van der Waals surface area contributed by atoms with Gasteiger partial charge in [0.15, 0.2) is 0 Å². The van der Waals surface area contributed by atoms with Gasteiger partial charge < -0.3 is 19.5 Å². The first-order valence-electron chi connectivity index (χ1n) is 12.2. The van der Waals surface area contributed by atoms with Crippen molar-refractivity contribution in [3.63, 3.8) is 0 Å². The summed E-state index contributed by atoms with van der Waals surface area (Å²) < 4.78 is 9.02. The maximum Gasteiger partial charge on any atom is 0.318 e. The maximum atomic E-state index is 13.7. The quantitative estimate of drug-likeness (QED) is 0.357. The molecule has 0 unspecified atom stereocenters. The minimum absolute atomic E-state index is 0.0991. The van der Waals surface area contributed by atoms with Gasteiger partial charge in [0, 0.05) is 23.3 Å². The van der Waals surface area contributed by atoms with E-state index >= 15 is 0 Å². The van der Waals surface area contributed by atoms with E-state index in [4.69, 9.17) is 21.4 Å². The number of rotatable bonds is 6. The number of nitrogens with one attached hydrogen (secondary N) is 1. The number of urea groups is 1. The largest absolute Gasteiger partial charge is 0.466 e. The second kappa shape index (κ2) is 10.5. The molecule has 190 valence electrons. The Bertz CT molecular complexity index is 1430. The van der Waals surface area contributed by atoms with Crippen molar-refractivity contribution in [2.45, 2.75) is 32.9 Å². The number of benzene rings is 2. The van der Waals surface area contributed by atoms with Crippen molar-refractivity contribution in [2.24, 2.45) is 0 Å². The molecule has 1 N–H and O–H groups in total. The molecule has 37 heavy (non-hydrogen) atoms. The van der Waals surface area contributed by atoms with E-state index in [1.54, 1.807) is 11.8 Å². The van der Waals surface area contributed by atoms with Crippen LogP contribution in [0.15, 0.2) is 72.9 Å². The lowest BCUT2D eigenvalue weighted by Gasteiger charge is -2.31. The lowest BCUT2D eigenvalue weighted by Crippen LogP contribution is -2.42. The van der Waals surface area contributed by atoms with Crippen molar-refractivity contribution in [1.29, 1.82) is 0 Å². The molecule has 0 bridgehead atoms. The fourth-order valence-corrected chi connectivity index (χ4v) is 4.98. The van der Waals surface area contributed by atoms with Crippen LogP contribution >= 0.6 is 11.6 Å². The fourth-order valence-electron chi connectivity index (χ4n) is 4.78. The van der Waals surface area contributed by atoms with Crippen LogP contribution < -0.4 is 5.32 Å². The lowest BCUT2D eigenvalue weighted by molar-refractivity contribution is -0.142. The number of aryl methyl sites for hydroxylation is 1. The Kier molecular flexibility index (Phi) is 7.01. The number of amides is 2. The third-order valence-corrected chi connectivity index (χ3v) is 6.66. The zero-order valence-electron chi connectivity index (χ0n) is 20.7. The third kappa shape index (κ3) is 4.84. The molecular formula is C28H28ClN5O3. The summed E-state index contributed by atoms with van der Waals surface area (Å²) >= 11 is 6.39. The van der Waals surface area contributed by atoms with Gasteiger partial charge in [0.25, 0.3) is 0 Å². The molecular weight excluding hydrogens is 490 g/mol. The number of ether oxygens (including phenoxy) is 1. The summed E-state index contributed by atoms with van der Waals surface area (Å²) in [6, 6.07) is 20.8. The van der Waals surface area contributed by atoms with Gasteiger partial charge in [-0.2, -0.15) is 5.10 Å². The summed E-state index contributed by atoms with van der Waals surface area (Å²) in [4.78, 5) is 27.3. The Morgan fingerprint density at radius 3 is 2.68 bits per heavy atom. The van der Waals surface area contributed by atoms with Crippen LogP contribution in [0.2, 0.25) is 5.02 Å². The van der Waals surface area contributed by atoms with E-state index in [1.807, 2.05) is 84.5 Å². The summed E-state index contributed by atoms with van der Waals surface area (Å²) in [6.07, 6.45) is 2.09. The summed E-state index contributed by atoms with van der Waals surface area (Å²) in [6.45, 7) is 4.51. The number of halogens is 1. The zero-order chi connectivity index (χ0) is 25.9. The molecule has 1 aliphatic rings. The molecule has 0 saturated heterocycles. The minimum atomic E-state index is -0.424. The number of hydrogen-bond acceptors (Lipinski definition) is 4. The van der Waals surface area contributed by atoms with Gasteiger partial charge >= 0.3 is 12.0 Å². The smallest absolute Gasteiger partial charge is 0.318 e. The molecule has 0 aliphatic carbocycles. The zero-order valence-corrected chi connectivity index (χ0v) is 21.5. The predicted octanol–water partition coefficient (Wildman–Crippen LogP) is 5.19. The van der Waals surface area contributed by atoms with Crippen molar-refractivity contribution >= 4 is 23.6 Å². The number of esters is 1. The molecule has 0 spiro atoms. The van der Waals surface area contributed by atoms with Crippen molar-refractivity contribution in [1.82, 2.24) is 24.6 Å². The maximum absolute atomic E-state index is 13.7. The second-order valence-corrected chi connectivity index (χ2v) is 9.25. The predicted molar refractivity (Wildman–Crippen MR) is 141 cm³/mol. The van der Waals surface area contributed by atoms with Gasteiger partial charge in [-0.1, -0.05) is 41.9 Å². The van der Waals surface area contributed by atoms with Gasteiger partial charge in [0.05, 0.1) is 42.7 Å². The van der Waals surface area contributed by atoms with E-state index in [2.05, 4.69) is 9.88 Å². The average Bonchev–Trinajstić information content (AvgIpc) is 3.45. The standard InChI is InChI=1S/C28H28ClN5O3/c1-3-37-25(35)14-15-30-28(36)33-18-23-19(2)31-34(22-11-5-4-6-12-22)27(23)32-16-8-13-24(32)26(33)20-9-7-10-21(29)17-20/h4-13,16-17,26H,3,14-15,18H2,1-2H3,(H,30,36)/t26-/m0/s1. The second-order valence-electron chi connectivity index (χ2n) is 8.81. The molecule has 1 atom stereocenters. The van der Waals surface area contributed by atoms with E-state index in [1.165, 1.54) is 0 Å². The number of aromatic nitrogens is 3. The van der Waals surface area contributed by atoms with Crippen molar-refractivity contribution < 1.29 is 14.3 Å². The first-order valence-corrected chi connectivity index (χ1v) is 12.6. The topological polar surface area (TPSA) is 81.4 Å². The molecule has 2 amide bonds. The average molecular weight is 518 g/mol. The van der Waals surface area contributed by atoms with Gasteiger partial charge in [-0.3, -0.25) is 4.79 Å². The molecule has 2 aromatic carbocycles. The van der Waals surface area contributed by atoms with Crippen molar-refractivity contribution in [3.05, 3.63) is 100 Å². The fraction of sp³-hybridized carbons (Fsp3) is 0.250. The molecule has 4 aromatic rings. The Morgan fingerprint density at radius 1 is 1.11 bits per heavy atom. The van der Waals surface area contributed by atoms with E-state index in [9.17, 15) is 9.59 Å². The Labute approximate surface area is 220 Å². The van der Waals surface area contributed by atoms with Crippen LogP contribution in [-0.2, 0) is 16.1 Å². The summed E-state index contributed by atoms with van der Waals surface area (Å²) in [5.41, 5.74) is 4.48. The minimum Gasteiger partial charge on any atom is -0.466 e. The molecule has 0 saturated carbocycles. The van der Waals surface area contributed by atoms with E-state index in [0.29, 0.717) is 18.2 Å². The highest BCUT2D eigenvalue weighted by molar-refractivity contribution is 6.30. The lowest BCUT2D eigenvalue weighted by atomic mass is 10.0. The van der Waals surface area contributed by atoms with Crippen LogP contribution in [0, 0.1) is 6.92 Å². The summed E-state index contributed by atoms with van der Waals surface area (Å²) in [5, 5.41) is 8.35. The van der Waals surface area contributed by atoms with Crippen LogP contribution in [-0.4, -0.2) is 44.4 Å². The molecule has 1 aliphatic heterocycles. The van der Waals surface area contributed by atoms with Crippen LogP contribution in [0.4, 0.5) is 4.79 Å². The highest BCUT2D eigenvalue weighted by atomic mass is 35.5. The molecule has 5 rings (SSSR count). The molecule has 0 radical (unpaired) electrons. The molecule has 3 heterocycles. The number of para-hydroxylation sites is 1. The highest BCUT2D eigenvalue weighted by Crippen LogP contribution is 2.38. The van der Waals surface area contributed by atoms with Crippen LogP contribution in [0.1, 0.15) is 41.9 Å². The third-order valence-electron chi connectivity index (χ3n) is 6.42. The van der Waals surface area contributed by atoms with E-state index in [0.717, 1.165) is 34.0 Å². The van der Waals surface area contributed by atoms with E-state index in [-0.39, 0.29) is 25.0 Å². The van der Waals surface area contributed by atoms with Crippen LogP contribution in [0.5, 0.6) is 0 Å². The number of hydrogen-bond donors (Lipinski definition) is 1. The SMILES string of the molecule is CCOC(=O)CCNC(=O)N1Cc2c(C)nn(-c3ccccc3)c2-n2cccc2[C@@H]1c1cccc(Cl)c1. The first-order chi connectivity index (χ1) is 18.0. The Morgan fingerprint density at radius 2 is 1.92 bits per heavy atom. The monoisotopic (exact) mass is 517 g/mol. The number of fused-ring (bicyclic) bond motifs is 3. The Hall–Kier alpha value is -4.04. The van der Waals surface area contributed by atoms with Gasteiger partial charge in [-0.25, -0.2) is 9.48 Å². The van der Waals surface area contributed by atoms with Gasteiger partial charge in [0.1, 0.15) is 5.82 Å². The summed E-state index contributed by atoms with van der Waals surface area (Å²) in [7, 11) is 0. The van der Waals surface area contributed by atoms with Crippen LogP contribution in [0.25, 0.3) is 11.5 Å². The van der Waals surface area contributed by atoms with Crippen molar-refractivity contribution in [3.8, 4) is 11.5 Å². The van der Waals surface area contributed by atoms with E-state index < -0.39 is 6.04 Å². The first kappa shape index (κ1) is 24.6. The Balaban J connectivity index is 1.61. The normalized spacial score (nSPS) is 14.5. The van der Waals surface area contributed by atoms with Crippen LogP contribution in [0.3, 0.4) is 0 Å². The molecule has 8 nitrogen and oxygen atoms in total. The highest BCUT2D eigenvalue weighted by Gasteiger charge is 2.36. The number of carbonyl (C=O) groups excluding carboxylic acids is 2. The number of nitrogens with zero attached hydrogens (tertiary/aromatic N) is 4. The number of carbonyl (C=O) groups is 2. The molecule has 0 fully saturated rings. The molecule has 2 aromatic heterocycles. The van der Waals surface area contributed by atoms with Crippen molar-refractivity contribution in [2.75, 3.05) is 13.2 Å². The van der Waals surface area contributed by atoms with Gasteiger partial charge in [-0.15, -0.1) is 0 Å². The van der Waals surface area contributed by atoms with Gasteiger partial charge in [0.2, 0.25) is 0 Å².